The van der Waals surface area contributed by atoms with Crippen molar-refractivity contribution in [3.63, 3.8) is 0 Å². The minimum absolute atomic E-state index is 0.684. The fourth-order valence-corrected chi connectivity index (χ4v) is 4.81. The van der Waals surface area contributed by atoms with Crippen LogP contribution in [0.5, 0.6) is 0 Å². The van der Waals surface area contributed by atoms with Gasteiger partial charge in [-0.15, -0.1) is 0 Å². The molecule has 0 spiro atoms. The van der Waals surface area contributed by atoms with Gasteiger partial charge in [-0.25, -0.2) is 9.97 Å². The SMILES string of the molecule is Cc1c2c(nc3ncc(Br)cc13)CCP(C)(=O)C2. The van der Waals surface area contributed by atoms with Crippen molar-refractivity contribution in [2.75, 3.05) is 12.8 Å². The summed E-state index contributed by atoms with van der Waals surface area (Å²) in [5, 5.41) is 1.06. The first kappa shape index (κ1) is 12.3. The zero-order valence-corrected chi connectivity index (χ0v) is 12.9. The molecule has 3 heterocycles. The maximum atomic E-state index is 12.3. The Morgan fingerprint density at radius 2 is 2.22 bits per heavy atom. The Morgan fingerprint density at radius 3 is 3.00 bits per heavy atom. The number of nitrogens with zero attached hydrogens (tertiary/aromatic N) is 2. The van der Waals surface area contributed by atoms with Crippen LogP contribution in [0.1, 0.15) is 16.8 Å². The lowest BCUT2D eigenvalue weighted by Crippen LogP contribution is -2.12. The van der Waals surface area contributed by atoms with E-state index in [2.05, 4.69) is 32.8 Å². The topological polar surface area (TPSA) is 42.9 Å². The van der Waals surface area contributed by atoms with Crippen LogP contribution >= 0.6 is 23.1 Å². The standard InChI is InChI=1S/C13H14BrN2OP/c1-8-10-5-9(14)6-15-13(10)16-12-3-4-18(2,17)7-11(8)12/h5-6H,3-4,7H2,1-2H3. The molecule has 1 aliphatic heterocycles. The Bertz CT molecular complexity index is 699. The van der Waals surface area contributed by atoms with Gasteiger partial charge >= 0.3 is 0 Å². The molecule has 0 N–H and O–H groups in total. The van der Waals surface area contributed by atoms with Crippen molar-refractivity contribution in [2.45, 2.75) is 19.5 Å². The average molecular weight is 325 g/mol. The molecule has 18 heavy (non-hydrogen) atoms. The van der Waals surface area contributed by atoms with Gasteiger partial charge in [0.1, 0.15) is 0 Å². The Kier molecular flexibility index (Phi) is 2.83. The summed E-state index contributed by atoms with van der Waals surface area (Å²) in [7, 11) is -2.01. The summed E-state index contributed by atoms with van der Waals surface area (Å²) in [6, 6.07) is 2.04. The maximum absolute atomic E-state index is 12.3. The third-order valence-electron chi connectivity index (χ3n) is 3.59. The van der Waals surface area contributed by atoms with E-state index < -0.39 is 7.14 Å². The summed E-state index contributed by atoms with van der Waals surface area (Å²) in [6.07, 6.45) is 4.05. The van der Waals surface area contributed by atoms with E-state index in [-0.39, 0.29) is 0 Å². The molecule has 0 saturated heterocycles. The monoisotopic (exact) mass is 324 g/mol. The van der Waals surface area contributed by atoms with Crippen molar-refractivity contribution in [1.29, 1.82) is 0 Å². The molecule has 0 bridgehead atoms. The highest BCUT2D eigenvalue weighted by molar-refractivity contribution is 9.10. The number of aryl methyl sites for hydroxylation is 2. The quantitative estimate of drug-likeness (QED) is 0.693. The van der Waals surface area contributed by atoms with E-state index >= 15 is 0 Å². The lowest BCUT2D eigenvalue weighted by molar-refractivity contribution is 0.574. The molecule has 2 aromatic rings. The molecule has 0 saturated carbocycles. The highest BCUT2D eigenvalue weighted by Gasteiger charge is 2.27. The number of hydrogen-bond donors (Lipinski definition) is 0. The molecular formula is C13H14BrN2OP. The number of fused-ring (bicyclic) bond motifs is 2. The van der Waals surface area contributed by atoms with Crippen LogP contribution in [-0.2, 0) is 17.1 Å². The van der Waals surface area contributed by atoms with Crippen LogP contribution in [0.15, 0.2) is 16.7 Å². The van der Waals surface area contributed by atoms with Crippen LogP contribution in [0.3, 0.4) is 0 Å². The Morgan fingerprint density at radius 1 is 1.44 bits per heavy atom. The summed E-state index contributed by atoms with van der Waals surface area (Å²) in [5.41, 5.74) is 4.25. The highest BCUT2D eigenvalue weighted by Crippen LogP contribution is 2.50. The van der Waals surface area contributed by atoms with Gasteiger partial charge in [0.15, 0.2) is 5.65 Å². The largest absolute Gasteiger partial charge is 0.323 e. The molecule has 94 valence electrons. The van der Waals surface area contributed by atoms with Gasteiger partial charge in [-0.05, 0) is 53.1 Å². The van der Waals surface area contributed by atoms with Gasteiger partial charge in [-0.1, -0.05) is 0 Å². The molecule has 0 fully saturated rings. The molecule has 0 aliphatic carbocycles. The van der Waals surface area contributed by atoms with Crippen LogP contribution in [0.2, 0.25) is 0 Å². The predicted molar refractivity (Wildman–Crippen MR) is 77.8 cm³/mol. The van der Waals surface area contributed by atoms with Crippen LogP contribution in [0.4, 0.5) is 0 Å². The molecule has 0 aromatic carbocycles. The van der Waals surface area contributed by atoms with E-state index in [4.69, 9.17) is 0 Å². The van der Waals surface area contributed by atoms with Crippen LogP contribution in [0.25, 0.3) is 11.0 Å². The number of hydrogen-bond acceptors (Lipinski definition) is 3. The first-order valence-corrected chi connectivity index (χ1v) is 9.27. The summed E-state index contributed by atoms with van der Waals surface area (Å²) < 4.78 is 13.3. The molecule has 5 heteroatoms. The lowest BCUT2D eigenvalue weighted by atomic mass is 10.0. The van der Waals surface area contributed by atoms with Crippen molar-refractivity contribution >= 4 is 34.1 Å². The number of pyridine rings is 2. The molecule has 3 rings (SSSR count). The van der Waals surface area contributed by atoms with E-state index in [0.29, 0.717) is 6.16 Å². The summed E-state index contributed by atoms with van der Waals surface area (Å²) in [4.78, 5) is 8.99. The summed E-state index contributed by atoms with van der Waals surface area (Å²) in [5.74, 6) is 0. The van der Waals surface area contributed by atoms with Crippen LogP contribution in [0, 0.1) is 6.92 Å². The molecule has 3 nitrogen and oxygen atoms in total. The normalized spacial score (nSPS) is 23.1. The Labute approximate surface area is 115 Å². The van der Waals surface area contributed by atoms with Gasteiger partial charge < -0.3 is 4.57 Å². The molecule has 1 aliphatic rings. The van der Waals surface area contributed by atoms with E-state index in [0.717, 1.165) is 33.8 Å². The minimum atomic E-state index is -2.01. The molecule has 1 atom stereocenters. The summed E-state index contributed by atoms with van der Waals surface area (Å²) in [6.45, 7) is 3.99. The molecule has 1 unspecified atom stereocenters. The lowest BCUT2D eigenvalue weighted by Gasteiger charge is -2.23. The highest BCUT2D eigenvalue weighted by atomic mass is 79.9. The minimum Gasteiger partial charge on any atom is -0.323 e. The molecule has 0 radical (unpaired) electrons. The third kappa shape index (κ3) is 2.02. The number of halogens is 1. The van der Waals surface area contributed by atoms with Crippen LogP contribution in [-0.4, -0.2) is 22.8 Å². The zero-order chi connectivity index (χ0) is 12.9. The summed E-state index contributed by atoms with van der Waals surface area (Å²) >= 11 is 3.44. The van der Waals surface area contributed by atoms with Crippen LogP contribution < -0.4 is 0 Å². The average Bonchev–Trinajstić information content (AvgIpc) is 2.31. The second kappa shape index (κ2) is 4.14. The van der Waals surface area contributed by atoms with E-state index in [1.807, 2.05) is 12.7 Å². The molecular weight excluding hydrogens is 311 g/mol. The molecule has 0 amide bonds. The molecule has 2 aromatic heterocycles. The number of aromatic nitrogens is 2. The third-order valence-corrected chi connectivity index (χ3v) is 6.18. The van der Waals surface area contributed by atoms with Gasteiger partial charge in [0.25, 0.3) is 0 Å². The smallest absolute Gasteiger partial charge is 0.159 e. The second-order valence-corrected chi connectivity index (χ2v) is 9.39. The van der Waals surface area contributed by atoms with Crippen molar-refractivity contribution in [1.82, 2.24) is 9.97 Å². The Balaban J connectivity index is 2.30. The van der Waals surface area contributed by atoms with Gasteiger partial charge in [-0.2, -0.15) is 0 Å². The van der Waals surface area contributed by atoms with Crippen molar-refractivity contribution in [2.24, 2.45) is 0 Å². The van der Waals surface area contributed by atoms with Gasteiger partial charge in [0.05, 0.1) is 7.14 Å². The first-order chi connectivity index (χ1) is 8.46. The van der Waals surface area contributed by atoms with Gasteiger partial charge in [0.2, 0.25) is 0 Å². The Hall–Kier alpha value is -0.730. The maximum Gasteiger partial charge on any atom is 0.159 e. The van der Waals surface area contributed by atoms with Crippen molar-refractivity contribution in [3.8, 4) is 0 Å². The predicted octanol–water partition coefficient (Wildman–Crippen LogP) is 3.75. The number of rotatable bonds is 0. The van der Waals surface area contributed by atoms with E-state index in [1.54, 1.807) is 6.20 Å². The second-order valence-electron chi connectivity index (χ2n) is 5.12. The zero-order valence-electron chi connectivity index (χ0n) is 10.4. The van der Waals surface area contributed by atoms with Crippen molar-refractivity contribution in [3.05, 3.63) is 33.6 Å². The fraction of sp³-hybridized carbons (Fsp3) is 0.385. The van der Waals surface area contributed by atoms with E-state index in [1.165, 1.54) is 11.1 Å². The fourth-order valence-electron chi connectivity index (χ4n) is 2.54. The van der Waals surface area contributed by atoms with Crippen molar-refractivity contribution < 1.29 is 4.57 Å². The van der Waals surface area contributed by atoms with Gasteiger partial charge in [-0.3, -0.25) is 0 Å². The van der Waals surface area contributed by atoms with Gasteiger partial charge in [0, 0.05) is 34.1 Å². The van der Waals surface area contributed by atoms with E-state index in [9.17, 15) is 4.57 Å². The first-order valence-electron chi connectivity index (χ1n) is 5.95.